The van der Waals surface area contributed by atoms with E-state index in [-0.39, 0.29) is 0 Å². The first-order valence-corrected chi connectivity index (χ1v) is 8.34. The molecular formula is C18H13F3N2O2S. The molecule has 1 N–H and O–H groups in total. The number of carbonyl (C=O) groups excluding carboxylic acids is 1. The Kier molecular flexibility index (Phi) is 4.94. The Hall–Kier alpha value is -2.87. The first-order chi connectivity index (χ1) is 12.4. The fraction of sp³-hybridized carbons (Fsp3) is 0.111. The number of anilines is 1. The van der Waals surface area contributed by atoms with Crippen molar-refractivity contribution in [3.8, 4) is 17.0 Å². The highest BCUT2D eigenvalue weighted by Crippen LogP contribution is 2.28. The Bertz CT molecular complexity index is 989. The smallest absolute Gasteiger partial charge is 0.258 e. The van der Waals surface area contributed by atoms with Crippen molar-refractivity contribution in [2.24, 2.45) is 0 Å². The van der Waals surface area contributed by atoms with Gasteiger partial charge in [-0.15, -0.1) is 11.3 Å². The fourth-order valence-electron chi connectivity index (χ4n) is 2.38. The monoisotopic (exact) mass is 378 g/mol. The number of amides is 1. The zero-order chi connectivity index (χ0) is 18.8. The highest BCUT2D eigenvalue weighted by atomic mass is 32.1. The van der Waals surface area contributed by atoms with Crippen molar-refractivity contribution in [1.29, 1.82) is 0 Å². The molecule has 1 amide bonds. The number of halogens is 3. The van der Waals surface area contributed by atoms with Crippen LogP contribution in [0.25, 0.3) is 11.3 Å². The van der Waals surface area contributed by atoms with Crippen LogP contribution in [0.2, 0.25) is 0 Å². The number of aryl methyl sites for hydroxylation is 1. The highest BCUT2D eigenvalue weighted by Gasteiger charge is 2.23. The number of ether oxygens (including phenoxy) is 1. The summed E-state index contributed by atoms with van der Waals surface area (Å²) in [7, 11) is 0.988. The summed E-state index contributed by atoms with van der Waals surface area (Å²) in [6.45, 7) is 1.87. The van der Waals surface area contributed by atoms with Crippen LogP contribution in [0.3, 0.4) is 0 Å². The maximum absolute atomic E-state index is 14.2. The number of hydrogen-bond acceptors (Lipinski definition) is 4. The van der Waals surface area contributed by atoms with E-state index in [9.17, 15) is 18.0 Å². The summed E-state index contributed by atoms with van der Waals surface area (Å²) < 4.78 is 45.8. The van der Waals surface area contributed by atoms with Gasteiger partial charge in [0, 0.05) is 16.6 Å². The number of benzene rings is 2. The molecule has 0 bridgehead atoms. The van der Waals surface area contributed by atoms with Gasteiger partial charge >= 0.3 is 0 Å². The molecule has 26 heavy (non-hydrogen) atoms. The topological polar surface area (TPSA) is 51.2 Å². The number of methoxy groups -OCH3 is 1. The maximum Gasteiger partial charge on any atom is 0.258 e. The minimum Gasteiger partial charge on any atom is -0.491 e. The Morgan fingerprint density at radius 3 is 2.62 bits per heavy atom. The first-order valence-electron chi connectivity index (χ1n) is 7.46. The van der Waals surface area contributed by atoms with Crippen LogP contribution in [-0.4, -0.2) is 18.0 Å². The van der Waals surface area contributed by atoms with Crippen LogP contribution in [0, 0.1) is 24.4 Å². The van der Waals surface area contributed by atoms with Crippen LogP contribution in [0.1, 0.15) is 15.4 Å². The molecule has 0 fully saturated rings. The predicted molar refractivity (Wildman–Crippen MR) is 93.1 cm³/mol. The molecule has 0 aliphatic rings. The highest BCUT2D eigenvalue weighted by molar-refractivity contribution is 7.09. The SMILES string of the molecule is COc1c(F)c(F)cc(C(=O)Nc2cccc(-c3csc(C)n3)c2)c1F. The van der Waals surface area contributed by atoms with Gasteiger partial charge in [0.2, 0.25) is 5.82 Å². The molecule has 3 aromatic rings. The maximum atomic E-state index is 14.2. The van der Waals surface area contributed by atoms with Gasteiger partial charge in [-0.25, -0.2) is 13.8 Å². The van der Waals surface area contributed by atoms with E-state index in [1.165, 1.54) is 11.3 Å². The third-order valence-corrected chi connectivity index (χ3v) is 4.37. The minimum atomic E-state index is -1.48. The average molecular weight is 378 g/mol. The van der Waals surface area contributed by atoms with E-state index in [1.54, 1.807) is 18.2 Å². The molecule has 0 saturated carbocycles. The summed E-state index contributed by atoms with van der Waals surface area (Å²) in [5.74, 6) is -5.99. The van der Waals surface area contributed by atoms with Gasteiger partial charge in [-0.2, -0.15) is 4.39 Å². The number of rotatable bonds is 4. The largest absolute Gasteiger partial charge is 0.491 e. The predicted octanol–water partition coefficient (Wildman–Crippen LogP) is 4.80. The Morgan fingerprint density at radius 2 is 1.96 bits per heavy atom. The van der Waals surface area contributed by atoms with Crippen molar-refractivity contribution in [2.45, 2.75) is 6.92 Å². The van der Waals surface area contributed by atoms with Crippen LogP contribution in [0.5, 0.6) is 5.75 Å². The van der Waals surface area contributed by atoms with Crippen molar-refractivity contribution < 1.29 is 22.7 Å². The van der Waals surface area contributed by atoms with Gasteiger partial charge in [-0.1, -0.05) is 12.1 Å². The van der Waals surface area contributed by atoms with E-state index in [0.29, 0.717) is 11.8 Å². The third-order valence-electron chi connectivity index (χ3n) is 3.60. The van der Waals surface area contributed by atoms with Gasteiger partial charge in [0.15, 0.2) is 17.4 Å². The summed E-state index contributed by atoms with van der Waals surface area (Å²) in [4.78, 5) is 16.7. The van der Waals surface area contributed by atoms with Gasteiger partial charge in [0.1, 0.15) is 0 Å². The molecule has 0 aliphatic heterocycles. The van der Waals surface area contributed by atoms with E-state index in [2.05, 4.69) is 15.0 Å². The quantitative estimate of drug-likeness (QED) is 0.664. The van der Waals surface area contributed by atoms with Crippen LogP contribution in [-0.2, 0) is 0 Å². The second kappa shape index (κ2) is 7.17. The lowest BCUT2D eigenvalue weighted by molar-refractivity contribution is 0.102. The van der Waals surface area contributed by atoms with Crippen molar-refractivity contribution >= 4 is 22.9 Å². The minimum absolute atomic E-state index is 0.362. The molecule has 0 saturated heterocycles. The Balaban J connectivity index is 1.91. The molecule has 1 aromatic heterocycles. The molecule has 0 unspecified atom stereocenters. The lowest BCUT2D eigenvalue weighted by atomic mass is 10.1. The molecule has 2 aromatic carbocycles. The molecule has 0 aliphatic carbocycles. The normalized spacial score (nSPS) is 10.7. The zero-order valence-corrected chi connectivity index (χ0v) is 14.6. The number of carbonyl (C=O) groups is 1. The van der Waals surface area contributed by atoms with E-state index < -0.39 is 34.7 Å². The lowest BCUT2D eigenvalue weighted by Crippen LogP contribution is -2.15. The summed E-state index contributed by atoms with van der Waals surface area (Å²) in [6.07, 6.45) is 0. The van der Waals surface area contributed by atoms with Crippen LogP contribution < -0.4 is 10.1 Å². The van der Waals surface area contributed by atoms with Crippen molar-refractivity contribution in [2.75, 3.05) is 12.4 Å². The van der Waals surface area contributed by atoms with Crippen molar-refractivity contribution in [3.63, 3.8) is 0 Å². The van der Waals surface area contributed by atoms with Gasteiger partial charge in [0.05, 0.1) is 23.4 Å². The molecular weight excluding hydrogens is 365 g/mol. The summed E-state index contributed by atoms with van der Waals surface area (Å²) in [6, 6.07) is 7.25. The molecule has 8 heteroatoms. The standard InChI is InChI=1S/C18H13F3N2O2S/c1-9-22-14(8-26-9)10-4-3-5-11(6-10)23-18(24)12-7-13(19)16(21)17(25-2)15(12)20/h3-8H,1-2H3,(H,23,24). The van der Waals surface area contributed by atoms with Crippen LogP contribution in [0.15, 0.2) is 35.7 Å². The Morgan fingerprint density at radius 1 is 1.19 bits per heavy atom. The van der Waals surface area contributed by atoms with Gasteiger partial charge in [-0.05, 0) is 25.1 Å². The third kappa shape index (κ3) is 3.41. The van der Waals surface area contributed by atoms with Gasteiger partial charge in [0.25, 0.3) is 5.91 Å². The molecule has 3 rings (SSSR count). The van der Waals surface area contributed by atoms with Crippen LogP contribution in [0.4, 0.5) is 18.9 Å². The number of aromatic nitrogens is 1. The molecule has 0 spiro atoms. The number of thiazole rings is 1. The van der Waals surface area contributed by atoms with Crippen molar-refractivity contribution in [3.05, 3.63) is 63.7 Å². The van der Waals surface area contributed by atoms with Crippen LogP contribution >= 0.6 is 11.3 Å². The zero-order valence-electron chi connectivity index (χ0n) is 13.8. The second-order valence-corrected chi connectivity index (χ2v) is 6.42. The molecule has 1 heterocycles. The summed E-state index contributed by atoms with van der Waals surface area (Å²) >= 11 is 1.49. The Labute approximate surface area is 151 Å². The van der Waals surface area contributed by atoms with E-state index in [0.717, 1.165) is 23.4 Å². The van der Waals surface area contributed by atoms with E-state index in [4.69, 9.17) is 0 Å². The van der Waals surface area contributed by atoms with E-state index >= 15 is 0 Å². The number of nitrogens with zero attached hydrogens (tertiary/aromatic N) is 1. The molecule has 4 nitrogen and oxygen atoms in total. The lowest BCUT2D eigenvalue weighted by Gasteiger charge is -2.10. The van der Waals surface area contributed by atoms with Gasteiger partial charge in [-0.3, -0.25) is 4.79 Å². The van der Waals surface area contributed by atoms with Gasteiger partial charge < -0.3 is 10.1 Å². The molecule has 0 atom stereocenters. The first kappa shape index (κ1) is 17.9. The fourth-order valence-corrected chi connectivity index (χ4v) is 3.00. The summed E-state index contributed by atoms with van der Waals surface area (Å²) in [5, 5.41) is 5.23. The average Bonchev–Trinajstić information content (AvgIpc) is 3.05. The summed E-state index contributed by atoms with van der Waals surface area (Å²) in [5.41, 5.74) is 1.21. The molecule has 0 radical (unpaired) electrons. The number of hydrogen-bond donors (Lipinski definition) is 1. The molecule has 134 valence electrons. The second-order valence-electron chi connectivity index (χ2n) is 5.35. The number of nitrogens with one attached hydrogen (secondary N) is 1. The van der Waals surface area contributed by atoms with Crippen molar-refractivity contribution in [1.82, 2.24) is 4.98 Å². The van der Waals surface area contributed by atoms with E-state index in [1.807, 2.05) is 18.4 Å².